The molecular formula is C15H22N2O2. The maximum Gasteiger partial charge on any atom is 0.339 e. The molecule has 1 saturated carbocycles. The van der Waals surface area contributed by atoms with Crippen molar-refractivity contribution in [2.24, 2.45) is 5.92 Å². The van der Waals surface area contributed by atoms with E-state index in [1.807, 2.05) is 0 Å². The Labute approximate surface area is 114 Å². The van der Waals surface area contributed by atoms with Gasteiger partial charge in [-0.05, 0) is 45.4 Å². The van der Waals surface area contributed by atoms with E-state index in [9.17, 15) is 4.79 Å². The van der Waals surface area contributed by atoms with Crippen LogP contribution in [-0.4, -0.2) is 21.0 Å². The molecule has 1 fully saturated rings. The Balaban J connectivity index is 2.21. The third kappa shape index (κ3) is 2.94. The minimum absolute atomic E-state index is 0.256. The number of carboxylic acid groups (broad SMARTS) is 1. The fourth-order valence-corrected chi connectivity index (χ4v) is 3.06. The maximum absolute atomic E-state index is 11.1. The minimum atomic E-state index is -0.934. The van der Waals surface area contributed by atoms with Crippen molar-refractivity contribution in [3.8, 4) is 0 Å². The Hall–Kier alpha value is -1.45. The molecule has 1 aliphatic carbocycles. The molecule has 19 heavy (non-hydrogen) atoms. The summed E-state index contributed by atoms with van der Waals surface area (Å²) < 4.78 is 0. The molecule has 0 atom stereocenters. The molecule has 0 aliphatic heterocycles. The molecule has 1 N–H and O–H groups in total. The molecular weight excluding hydrogens is 240 g/mol. The lowest BCUT2D eigenvalue weighted by Crippen LogP contribution is -2.17. The van der Waals surface area contributed by atoms with Crippen molar-refractivity contribution >= 4 is 5.97 Å². The van der Waals surface area contributed by atoms with Crippen LogP contribution in [0.4, 0.5) is 0 Å². The Bertz CT molecular complexity index is 454. The van der Waals surface area contributed by atoms with Gasteiger partial charge in [0.1, 0.15) is 11.4 Å². The van der Waals surface area contributed by atoms with Crippen LogP contribution in [0.25, 0.3) is 0 Å². The minimum Gasteiger partial charge on any atom is -0.478 e. The van der Waals surface area contributed by atoms with E-state index >= 15 is 0 Å². The van der Waals surface area contributed by atoms with Crippen LogP contribution in [0.3, 0.4) is 0 Å². The summed E-state index contributed by atoms with van der Waals surface area (Å²) >= 11 is 0. The lowest BCUT2D eigenvalue weighted by molar-refractivity contribution is 0.0694. The number of carbonyl (C=O) groups is 1. The van der Waals surface area contributed by atoms with Crippen molar-refractivity contribution in [3.63, 3.8) is 0 Å². The average molecular weight is 262 g/mol. The number of aromatic carboxylic acids is 1. The van der Waals surface area contributed by atoms with Gasteiger partial charge in [0.25, 0.3) is 0 Å². The fraction of sp³-hybridized carbons (Fsp3) is 0.667. The third-order valence-corrected chi connectivity index (χ3v) is 4.29. The third-order valence-electron chi connectivity index (χ3n) is 4.29. The van der Waals surface area contributed by atoms with E-state index in [2.05, 4.69) is 16.9 Å². The van der Waals surface area contributed by atoms with Crippen LogP contribution < -0.4 is 0 Å². The van der Waals surface area contributed by atoms with Crippen LogP contribution in [0.5, 0.6) is 0 Å². The first-order valence-corrected chi connectivity index (χ1v) is 7.11. The van der Waals surface area contributed by atoms with Crippen molar-refractivity contribution in [2.45, 2.75) is 58.8 Å². The van der Waals surface area contributed by atoms with Crippen LogP contribution in [0.1, 0.15) is 72.5 Å². The van der Waals surface area contributed by atoms with Crippen LogP contribution in [0, 0.1) is 19.8 Å². The Morgan fingerprint density at radius 3 is 2.11 bits per heavy atom. The number of aromatic nitrogens is 2. The summed E-state index contributed by atoms with van der Waals surface area (Å²) in [5.41, 5.74) is 1.44. The summed E-state index contributed by atoms with van der Waals surface area (Å²) in [7, 11) is 0. The second kappa shape index (κ2) is 5.68. The van der Waals surface area contributed by atoms with Gasteiger partial charge in [0.15, 0.2) is 0 Å². The van der Waals surface area contributed by atoms with E-state index < -0.39 is 5.97 Å². The van der Waals surface area contributed by atoms with Crippen molar-refractivity contribution < 1.29 is 9.90 Å². The van der Waals surface area contributed by atoms with Gasteiger partial charge in [-0.1, -0.05) is 13.3 Å². The van der Waals surface area contributed by atoms with E-state index in [1.165, 1.54) is 19.3 Å². The summed E-state index contributed by atoms with van der Waals surface area (Å²) in [6.45, 7) is 5.77. The zero-order chi connectivity index (χ0) is 14.0. The normalized spacial score (nSPS) is 23.3. The van der Waals surface area contributed by atoms with E-state index in [1.54, 1.807) is 13.8 Å². The molecule has 1 aromatic heterocycles. The van der Waals surface area contributed by atoms with E-state index in [0.717, 1.165) is 24.6 Å². The molecule has 0 aromatic carbocycles. The lowest BCUT2D eigenvalue weighted by Gasteiger charge is -2.27. The average Bonchev–Trinajstić information content (AvgIpc) is 2.37. The molecule has 0 saturated heterocycles. The van der Waals surface area contributed by atoms with Crippen LogP contribution in [0.15, 0.2) is 0 Å². The van der Waals surface area contributed by atoms with Gasteiger partial charge in [-0.25, -0.2) is 14.8 Å². The highest BCUT2D eigenvalue weighted by Gasteiger charge is 2.25. The molecule has 4 nitrogen and oxygen atoms in total. The van der Waals surface area contributed by atoms with Crippen LogP contribution in [0.2, 0.25) is 0 Å². The second-order valence-corrected chi connectivity index (χ2v) is 5.56. The number of carboxylic acids is 1. The smallest absolute Gasteiger partial charge is 0.339 e. The molecule has 0 radical (unpaired) electrons. The van der Waals surface area contributed by atoms with E-state index in [-0.39, 0.29) is 5.56 Å². The lowest BCUT2D eigenvalue weighted by atomic mass is 9.80. The first-order valence-electron chi connectivity index (χ1n) is 7.11. The van der Waals surface area contributed by atoms with Gasteiger partial charge in [0, 0.05) is 5.92 Å². The van der Waals surface area contributed by atoms with Gasteiger partial charge in [-0.2, -0.15) is 0 Å². The quantitative estimate of drug-likeness (QED) is 0.905. The van der Waals surface area contributed by atoms with Crippen molar-refractivity contribution in [2.75, 3.05) is 0 Å². The highest BCUT2D eigenvalue weighted by molar-refractivity contribution is 5.89. The molecule has 2 rings (SSSR count). The fourth-order valence-electron chi connectivity index (χ4n) is 3.06. The summed E-state index contributed by atoms with van der Waals surface area (Å²) in [5, 5.41) is 9.13. The first kappa shape index (κ1) is 14.0. The molecule has 0 amide bonds. The Kier molecular flexibility index (Phi) is 4.17. The first-order chi connectivity index (χ1) is 9.02. The molecule has 0 spiro atoms. The summed E-state index contributed by atoms with van der Waals surface area (Å²) in [4.78, 5) is 20.0. The molecule has 0 bridgehead atoms. The predicted octanol–water partition coefficient (Wildman–Crippen LogP) is 3.48. The SMILES string of the molecule is CCC1CCC(c2nc(C)c(C(=O)O)c(C)n2)CC1. The number of rotatable bonds is 3. The van der Waals surface area contributed by atoms with Crippen molar-refractivity contribution in [3.05, 3.63) is 22.8 Å². The zero-order valence-corrected chi connectivity index (χ0v) is 11.9. The highest BCUT2D eigenvalue weighted by Crippen LogP contribution is 2.35. The zero-order valence-electron chi connectivity index (χ0n) is 11.9. The Morgan fingerprint density at radius 1 is 1.16 bits per heavy atom. The number of nitrogens with zero attached hydrogens (tertiary/aromatic N) is 2. The number of hydrogen-bond acceptors (Lipinski definition) is 3. The van der Waals surface area contributed by atoms with Gasteiger partial charge in [-0.15, -0.1) is 0 Å². The molecule has 0 unspecified atom stereocenters. The standard InChI is InChI=1S/C15H22N2O2/c1-4-11-5-7-12(8-6-11)14-16-9(2)13(15(18)19)10(3)17-14/h11-12H,4-8H2,1-3H3,(H,18,19). The highest BCUT2D eigenvalue weighted by atomic mass is 16.4. The number of hydrogen-bond donors (Lipinski definition) is 1. The largest absolute Gasteiger partial charge is 0.478 e. The summed E-state index contributed by atoms with van der Waals surface area (Å²) in [6.07, 6.45) is 5.99. The van der Waals surface area contributed by atoms with Gasteiger partial charge < -0.3 is 5.11 Å². The maximum atomic E-state index is 11.1. The second-order valence-electron chi connectivity index (χ2n) is 5.56. The Morgan fingerprint density at radius 2 is 1.68 bits per heavy atom. The van der Waals surface area contributed by atoms with E-state index in [0.29, 0.717) is 17.3 Å². The van der Waals surface area contributed by atoms with Crippen LogP contribution >= 0.6 is 0 Å². The van der Waals surface area contributed by atoms with Gasteiger partial charge in [0.05, 0.1) is 11.4 Å². The molecule has 1 aliphatic rings. The number of aryl methyl sites for hydroxylation is 2. The topological polar surface area (TPSA) is 63.1 Å². The van der Waals surface area contributed by atoms with Crippen molar-refractivity contribution in [1.29, 1.82) is 0 Å². The van der Waals surface area contributed by atoms with E-state index in [4.69, 9.17) is 5.11 Å². The molecule has 1 heterocycles. The van der Waals surface area contributed by atoms with Gasteiger partial charge >= 0.3 is 5.97 Å². The summed E-state index contributed by atoms with van der Waals surface area (Å²) in [6, 6.07) is 0. The molecule has 104 valence electrons. The molecule has 4 heteroatoms. The monoisotopic (exact) mass is 262 g/mol. The van der Waals surface area contributed by atoms with Gasteiger partial charge in [-0.3, -0.25) is 0 Å². The van der Waals surface area contributed by atoms with Crippen LogP contribution in [-0.2, 0) is 0 Å². The molecule has 1 aromatic rings. The summed E-state index contributed by atoms with van der Waals surface area (Å²) in [5.74, 6) is 1.16. The van der Waals surface area contributed by atoms with Crippen molar-refractivity contribution in [1.82, 2.24) is 9.97 Å². The van der Waals surface area contributed by atoms with Gasteiger partial charge in [0.2, 0.25) is 0 Å². The predicted molar refractivity (Wildman–Crippen MR) is 73.5 cm³/mol.